The highest BCUT2D eigenvalue weighted by Gasteiger charge is 2.11. The number of nitrogens with zero attached hydrogens (tertiary/aromatic N) is 1. The second-order valence-corrected chi connectivity index (χ2v) is 4.62. The third-order valence-electron chi connectivity index (χ3n) is 2.98. The molecule has 5 heteroatoms. The molecule has 0 saturated carbocycles. The number of rotatable bonds is 3. The molecule has 0 aliphatic heterocycles. The van der Waals surface area contributed by atoms with Crippen LogP contribution in [0.5, 0.6) is 0 Å². The molecular weight excluding hydrogens is 266 g/mol. The van der Waals surface area contributed by atoms with Gasteiger partial charge in [-0.25, -0.2) is 0 Å². The Morgan fingerprint density at radius 3 is 2.62 bits per heavy atom. The summed E-state index contributed by atoms with van der Waals surface area (Å²) in [6.07, 6.45) is 0.446. The summed E-state index contributed by atoms with van der Waals surface area (Å²) in [4.78, 5) is 12.2. The number of nitrogens with one attached hydrogen (secondary N) is 2. The van der Waals surface area contributed by atoms with Crippen LogP contribution in [0.4, 0.5) is 5.69 Å². The van der Waals surface area contributed by atoms with Crippen LogP contribution in [0, 0.1) is 25.7 Å². The first-order chi connectivity index (χ1) is 10.1. The van der Waals surface area contributed by atoms with Crippen LogP contribution in [0.15, 0.2) is 24.3 Å². The Kier molecular flexibility index (Phi) is 4.75. The largest absolute Gasteiger partial charge is 0.395 e. The maximum Gasteiger partial charge on any atom is 0.255 e. The van der Waals surface area contributed by atoms with E-state index < -0.39 is 0 Å². The van der Waals surface area contributed by atoms with E-state index in [4.69, 9.17) is 5.11 Å². The van der Waals surface area contributed by atoms with Crippen LogP contribution in [-0.4, -0.2) is 27.8 Å². The summed E-state index contributed by atoms with van der Waals surface area (Å²) in [6.45, 7) is 3.74. The summed E-state index contributed by atoms with van der Waals surface area (Å²) >= 11 is 0. The zero-order valence-electron chi connectivity index (χ0n) is 12.0. The van der Waals surface area contributed by atoms with E-state index in [1.165, 1.54) is 0 Å². The molecule has 2 aromatic rings. The van der Waals surface area contributed by atoms with E-state index in [0.717, 1.165) is 17.0 Å². The molecule has 1 aromatic carbocycles. The molecule has 108 valence electrons. The number of hydrogen-bond acceptors (Lipinski definition) is 3. The smallest absolute Gasteiger partial charge is 0.255 e. The molecule has 3 N–H and O–H groups in total. The average Bonchev–Trinajstić information content (AvgIpc) is 2.80. The first-order valence-electron chi connectivity index (χ1n) is 6.64. The van der Waals surface area contributed by atoms with Gasteiger partial charge in [-0.2, -0.15) is 5.10 Å². The summed E-state index contributed by atoms with van der Waals surface area (Å²) in [7, 11) is 0. The number of amides is 1. The van der Waals surface area contributed by atoms with Gasteiger partial charge in [0.05, 0.1) is 23.7 Å². The molecule has 1 amide bonds. The number of aliphatic hydroxyl groups is 1. The van der Waals surface area contributed by atoms with Crippen LogP contribution in [0.3, 0.4) is 0 Å². The Balaban J connectivity index is 2.09. The Morgan fingerprint density at radius 1 is 1.33 bits per heavy atom. The van der Waals surface area contributed by atoms with Crippen molar-refractivity contribution in [3.8, 4) is 11.8 Å². The molecule has 5 nitrogen and oxygen atoms in total. The van der Waals surface area contributed by atoms with Gasteiger partial charge in [0.1, 0.15) is 0 Å². The Labute approximate surface area is 123 Å². The summed E-state index contributed by atoms with van der Waals surface area (Å²) in [5, 5.41) is 18.4. The molecule has 0 saturated heterocycles. The second-order valence-electron chi connectivity index (χ2n) is 4.62. The normalized spacial score (nSPS) is 9.86. The van der Waals surface area contributed by atoms with Gasteiger partial charge in [-0.1, -0.05) is 11.8 Å². The third-order valence-corrected chi connectivity index (χ3v) is 2.98. The van der Waals surface area contributed by atoms with E-state index in [-0.39, 0.29) is 12.5 Å². The lowest BCUT2D eigenvalue weighted by Crippen LogP contribution is -2.12. The maximum absolute atomic E-state index is 12.2. The maximum atomic E-state index is 12.2. The molecule has 1 heterocycles. The van der Waals surface area contributed by atoms with Crippen molar-refractivity contribution in [3.63, 3.8) is 0 Å². The van der Waals surface area contributed by atoms with Gasteiger partial charge in [0.25, 0.3) is 5.91 Å². The highest BCUT2D eigenvalue weighted by atomic mass is 16.2. The fourth-order valence-electron chi connectivity index (χ4n) is 1.85. The minimum absolute atomic E-state index is 0.0525. The lowest BCUT2D eigenvalue weighted by atomic mass is 10.1. The SMILES string of the molecule is Cc1n[nH]c(C)c1NC(=O)c1ccc(C#CCCO)cc1. The van der Waals surface area contributed by atoms with Crippen molar-refractivity contribution >= 4 is 11.6 Å². The van der Waals surface area contributed by atoms with Crippen LogP contribution < -0.4 is 5.32 Å². The number of anilines is 1. The van der Waals surface area contributed by atoms with E-state index in [0.29, 0.717) is 17.7 Å². The van der Waals surface area contributed by atoms with Crippen LogP contribution in [-0.2, 0) is 0 Å². The summed E-state index contributed by atoms with van der Waals surface area (Å²) in [5.41, 5.74) is 3.67. The van der Waals surface area contributed by atoms with Crippen LogP contribution >= 0.6 is 0 Å². The highest BCUT2D eigenvalue weighted by Crippen LogP contribution is 2.17. The standard InChI is InChI=1S/C16H17N3O2/c1-11-15(12(2)19-18-11)17-16(21)14-8-6-13(7-9-14)5-3-4-10-20/h6-9,20H,4,10H2,1-2H3,(H,17,21)(H,18,19). The van der Waals surface area contributed by atoms with Crippen molar-refractivity contribution in [1.82, 2.24) is 10.2 Å². The van der Waals surface area contributed by atoms with E-state index in [9.17, 15) is 4.79 Å². The predicted octanol–water partition coefficient (Wildman–Crippen LogP) is 2.01. The average molecular weight is 283 g/mol. The van der Waals surface area contributed by atoms with Crippen molar-refractivity contribution in [2.24, 2.45) is 0 Å². The lowest BCUT2D eigenvalue weighted by molar-refractivity contribution is 0.102. The van der Waals surface area contributed by atoms with Gasteiger partial charge in [0.2, 0.25) is 0 Å². The minimum Gasteiger partial charge on any atom is -0.395 e. The van der Waals surface area contributed by atoms with Crippen LogP contribution in [0.2, 0.25) is 0 Å². The third kappa shape index (κ3) is 3.71. The molecular formula is C16H17N3O2. The number of aliphatic hydroxyl groups excluding tert-OH is 1. The summed E-state index contributed by atoms with van der Waals surface area (Å²) < 4.78 is 0. The van der Waals surface area contributed by atoms with Crippen molar-refractivity contribution in [1.29, 1.82) is 0 Å². The van der Waals surface area contributed by atoms with Crippen LogP contribution in [0.1, 0.15) is 33.7 Å². The zero-order chi connectivity index (χ0) is 15.2. The number of carbonyl (C=O) groups excluding carboxylic acids is 1. The van der Waals surface area contributed by atoms with E-state index >= 15 is 0 Å². The topological polar surface area (TPSA) is 78.0 Å². The lowest BCUT2D eigenvalue weighted by Gasteiger charge is -2.05. The van der Waals surface area contributed by atoms with Crippen LogP contribution in [0.25, 0.3) is 0 Å². The molecule has 0 bridgehead atoms. The van der Waals surface area contributed by atoms with Crippen molar-refractivity contribution in [3.05, 3.63) is 46.8 Å². The number of carbonyl (C=O) groups is 1. The number of aromatic amines is 1. The first kappa shape index (κ1) is 14.8. The number of aryl methyl sites for hydroxylation is 2. The monoisotopic (exact) mass is 283 g/mol. The van der Waals surface area contributed by atoms with Gasteiger partial charge >= 0.3 is 0 Å². The number of H-pyrrole nitrogens is 1. The fourth-order valence-corrected chi connectivity index (χ4v) is 1.85. The quantitative estimate of drug-likeness (QED) is 0.754. The van der Waals surface area contributed by atoms with Gasteiger partial charge in [0, 0.05) is 17.5 Å². The van der Waals surface area contributed by atoms with Gasteiger partial charge in [-0.05, 0) is 38.1 Å². The molecule has 0 aliphatic carbocycles. The molecule has 0 radical (unpaired) electrons. The molecule has 1 aromatic heterocycles. The van der Waals surface area contributed by atoms with E-state index in [2.05, 4.69) is 27.4 Å². The molecule has 0 spiro atoms. The number of hydrogen-bond donors (Lipinski definition) is 3. The highest BCUT2D eigenvalue weighted by molar-refractivity contribution is 6.04. The molecule has 0 aliphatic rings. The summed E-state index contributed by atoms with van der Waals surface area (Å²) in [6, 6.07) is 7.02. The number of benzene rings is 1. The molecule has 0 fully saturated rings. The second kappa shape index (κ2) is 6.73. The summed E-state index contributed by atoms with van der Waals surface area (Å²) in [5.74, 6) is 5.57. The fraction of sp³-hybridized carbons (Fsp3) is 0.250. The zero-order valence-corrected chi connectivity index (χ0v) is 12.0. The van der Waals surface area contributed by atoms with Crippen molar-refractivity contribution in [2.45, 2.75) is 20.3 Å². The number of aromatic nitrogens is 2. The van der Waals surface area contributed by atoms with E-state index in [1.807, 2.05) is 13.8 Å². The van der Waals surface area contributed by atoms with E-state index in [1.54, 1.807) is 24.3 Å². The molecule has 0 atom stereocenters. The molecule has 21 heavy (non-hydrogen) atoms. The predicted molar refractivity (Wildman–Crippen MR) is 81.0 cm³/mol. The minimum atomic E-state index is -0.183. The Morgan fingerprint density at radius 2 is 2.05 bits per heavy atom. The Bertz CT molecular complexity index is 671. The van der Waals surface area contributed by atoms with Crippen molar-refractivity contribution in [2.75, 3.05) is 11.9 Å². The molecule has 0 unspecified atom stereocenters. The van der Waals surface area contributed by atoms with Gasteiger partial charge in [-0.15, -0.1) is 0 Å². The molecule has 2 rings (SSSR count). The first-order valence-corrected chi connectivity index (χ1v) is 6.64. The Hall–Kier alpha value is -2.58. The van der Waals surface area contributed by atoms with Gasteiger partial charge < -0.3 is 10.4 Å². The van der Waals surface area contributed by atoms with Gasteiger partial charge in [-0.3, -0.25) is 9.89 Å². The van der Waals surface area contributed by atoms with Gasteiger partial charge in [0.15, 0.2) is 0 Å². The van der Waals surface area contributed by atoms with Crippen molar-refractivity contribution < 1.29 is 9.90 Å².